The van der Waals surface area contributed by atoms with Crippen molar-refractivity contribution in [2.45, 2.75) is 26.3 Å². The lowest BCUT2D eigenvalue weighted by molar-refractivity contribution is 0.0985. The van der Waals surface area contributed by atoms with Crippen molar-refractivity contribution in [1.82, 2.24) is 9.80 Å². The van der Waals surface area contributed by atoms with Gasteiger partial charge in [0, 0.05) is 43.2 Å². The van der Waals surface area contributed by atoms with Crippen molar-refractivity contribution in [3.63, 3.8) is 0 Å². The number of benzene rings is 1. The molecule has 0 saturated carbocycles. The smallest absolute Gasteiger partial charge is 0.0471 e. The summed E-state index contributed by atoms with van der Waals surface area (Å²) < 4.78 is 1.17. The van der Waals surface area contributed by atoms with Crippen LogP contribution in [0.1, 0.15) is 30.5 Å². The number of hydrogen-bond acceptors (Lipinski definition) is 3. The number of nitrogens with zero attached hydrogens (tertiary/aromatic N) is 2. The van der Waals surface area contributed by atoms with Crippen LogP contribution in [-0.4, -0.2) is 49.1 Å². The number of piperazine rings is 1. The largest absolute Gasteiger partial charge is 0.329 e. The first kappa shape index (κ1) is 16.0. The van der Waals surface area contributed by atoms with E-state index >= 15 is 0 Å². The molecule has 0 aliphatic carbocycles. The summed E-state index contributed by atoms with van der Waals surface area (Å²) in [6.45, 7) is 10.9. The van der Waals surface area contributed by atoms with Gasteiger partial charge in [-0.25, -0.2) is 0 Å². The molecule has 20 heavy (non-hydrogen) atoms. The van der Waals surface area contributed by atoms with E-state index in [2.05, 4.69) is 57.8 Å². The van der Waals surface area contributed by atoms with Gasteiger partial charge in [-0.15, -0.1) is 0 Å². The van der Waals surface area contributed by atoms with Crippen LogP contribution in [0, 0.1) is 6.92 Å². The summed E-state index contributed by atoms with van der Waals surface area (Å²) in [6, 6.07) is 6.96. The van der Waals surface area contributed by atoms with Gasteiger partial charge in [-0.05, 0) is 37.1 Å². The van der Waals surface area contributed by atoms with Crippen molar-refractivity contribution < 1.29 is 0 Å². The summed E-state index contributed by atoms with van der Waals surface area (Å²) in [5.74, 6) is 0. The molecule has 112 valence electrons. The Balaban J connectivity index is 2.03. The molecule has 0 spiro atoms. The highest BCUT2D eigenvalue weighted by Gasteiger charge is 2.23. The van der Waals surface area contributed by atoms with Crippen LogP contribution in [0.3, 0.4) is 0 Å². The van der Waals surface area contributed by atoms with Gasteiger partial charge in [-0.2, -0.15) is 0 Å². The molecule has 1 unspecified atom stereocenters. The van der Waals surface area contributed by atoms with Gasteiger partial charge in [0.15, 0.2) is 0 Å². The Bertz CT molecular complexity index is 428. The second-order valence-electron chi connectivity index (χ2n) is 5.64. The molecular formula is C16H26BrN3. The molecule has 2 N–H and O–H groups in total. The van der Waals surface area contributed by atoms with Crippen LogP contribution in [0.25, 0.3) is 0 Å². The molecule has 1 aliphatic heterocycles. The Morgan fingerprint density at radius 3 is 2.50 bits per heavy atom. The zero-order chi connectivity index (χ0) is 14.5. The van der Waals surface area contributed by atoms with E-state index in [1.165, 1.54) is 41.7 Å². The van der Waals surface area contributed by atoms with Crippen LogP contribution < -0.4 is 5.73 Å². The minimum atomic E-state index is 0.352. The van der Waals surface area contributed by atoms with Crippen LogP contribution >= 0.6 is 15.9 Å². The molecular weight excluding hydrogens is 314 g/mol. The van der Waals surface area contributed by atoms with Crippen molar-refractivity contribution in [1.29, 1.82) is 0 Å². The van der Waals surface area contributed by atoms with Crippen molar-refractivity contribution in [3.05, 3.63) is 33.8 Å². The predicted octanol–water partition coefficient (Wildman–Crippen LogP) is 2.78. The van der Waals surface area contributed by atoms with Crippen LogP contribution in [0.4, 0.5) is 0 Å². The quantitative estimate of drug-likeness (QED) is 0.895. The normalized spacial score (nSPS) is 19.2. The van der Waals surface area contributed by atoms with Gasteiger partial charge in [-0.3, -0.25) is 4.90 Å². The van der Waals surface area contributed by atoms with Gasteiger partial charge in [0.05, 0.1) is 0 Å². The summed E-state index contributed by atoms with van der Waals surface area (Å²) in [5.41, 5.74) is 8.68. The van der Waals surface area contributed by atoms with E-state index in [0.29, 0.717) is 12.6 Å². The first-order chi connectivity index (χ1) is 9.65. The second-order valence-corrected chi connectivity index (χ2v) is 6.49. The molecule has 3 nitrogen and oxygen atoms in total. The van der Waals surface area contributed by atoms with Gasteiger partial charge < -0.3 is 10.6 Å². The first-order valence-corrected chi connectivity index (χ1v) is 8.37. The maximum absolute atomic E-state index is 6.05. The van der Waals surface area contributed by atoms with Crippen LogP contribution in [0.5, 0.6) is 0 Å². The fourth-order valence-corrected chi connectivity index (χ4v) is 3.23. The summed E-state index contributed by atoms with van der Waals surface area (Å²) in [6.07, 6.45) is 1.24. The fourth-order valence-electron chi connectivity index (χ4n) is 2.99. The molecule has 1 aromatic carbocycles. The Hall–Kier alpha value is -0.420. The summed E-state index contributed by atoms with van der Waals surface area (Å²) in [5, 5.41) is 0. The first-order valence-electron chi connectivity index (χ1n) is 7.58. The zero-order valence-electron chi connectivity index (χ0n) is 12.6. The van der Waals surface area contributed by atoms with Gasteiger partial charge >= 0.3 is 0 Å². The monoisotopic (exact) mass is 339 g/mol. The number of aryl methyl sites for hydroxylation is 1. The molecule has 0 radical (unpaired) electrons. The minimum Gasteiger partial charge on any atom is -0.329 e. The number of hydrogen-bond donors (Lipinski definition) is 1. The maximum atomic E-state index is 6.05. The van der Waals surface area contributed by atoms with E-state index < -0.39 is 0 Å². The third-order valence-corrected chi connectivity index (χ3v) is 5.07. The van der Waals surface area contributed by atoms with Crippen LogP contribution in [-0.2, 0) is 0 Å². The van der Waals surface area contributed by atoms with Crippen LogP contribution in [0.15, 0.2) is 22.7 Å². The third kappa shape index (κ3) is 3.82. The highest BCUT2D eigenvalue weighted by Crippen LogP contribution is 2.25. The topological polar surface area (TPSA) is 32.5 Å². The molecule has 1 aliphatic rings. The lowest BCUT2D eigenvalue weighted by Gasteiger charge is -2.39. The van der Waals surface area contributed by atoms with Gasteiger partial charge in [-0.1, -0.05) is 35.0 Å². The Labute approximate surface area is 131 Å². The SMILES string of the molecule is CCCN1CCN(C(CN)c2ccc(Br)c(C)c2)CC1. The number of nitrogens with two attached hydrogens (primary N) is 1. The molecule has 1 fully saturated rings. The Morgan fingerprint density at radius 1 is 1.25 bits per heavy atom. The summed E-state index contributed by atoms with van der Waals surface area (Å²) in [7, 11) is 0. The average Bonchev–Trinajstić information content (AvgIpc) is 2.46. The molecule has 1 atom stereocenters. The molecule has 1 saturated heterocycles. The lowest BCUT2D eigenvalue weighted by Crippen LogP contribution is -2.49. The zero-order valence-corrected chi connectivity index (χ0v) is 14.2. The van der Waals surface area contributed by atoms with E-state index in [1.807, 2.05) is 0 Å². The molecule has 0 amide bonds. The molecule has 1 aromatic rings. The maximum Gasteiger partial charge on any atom is 0.0471 e. The van der Waals surface area contributed by atoms with Crippen molar-refractivity contribution in [2.24, 2.45) is 5.73 Å². The highest BCUT2D eigenvalue weighted by molar-refractivity contribution is 9.10. The minimum absolute atomic E-state index is 0.352. The van der Waals surface area contributed by atoms with E-state index in [-0.39, 0.29) is 0 Å². The van der Waals surface area contributed by atoms with Crippen molar-refractivity contribution in [2.75, 3.05) is 39.3 Å². The summed E-state index contributed by atoms with van der Waals surface area (Å²) in [4.78, 5) is 5.09. The van der Waals surface area contributed by atoms with E-state index in [0.717, 1.165) is 13.1 Å². The van der Waals surface area contributed by atoms with E-state index in [1.54, 1.807) is 0 Å². The van der Waals surface area contributed by atoms with E-state index in [4.69, 9.17) is 5.73 Å². The second kappa shape index (κ2) is 7.55. The van der Waals surface area contributed by atoms with Crippen molar-refractivity contribution in [3.8, 4) is 0 Å². The van der Waals surface area contributed by atoms with E-state index in [9.17, 15) is 0 Å². The molecule has 0 bridgehead atoms. The summed E-state index contributed by atoms with van der Waals surface area (Å²) >= 11 is 3.57. The van der Waals surface area contributed by atoms with Gasteiger partial charge in [0.2, 0.25) is 0 Å². The Kier molecular flexibility index (Phi) is 6.02. The van der Waals surface area contributed by atoms with Gasteiger partial charge in [0.25, 0.3) is 0 Å². The standard InChI is InChI=1S/C16H26BrN3/c1-3-6-19-7-9-20(10-8-19)16(12-18)14-4-5-15(17)13(2)11-14/h4-5,11,16H,3,6-10,12,18H2,1-2H3. The molecule has 4 heteroatoms. The number of halogens is 1. The number of rotatable bonds is 5. The van der Waals surface area contributed by atoms with Gasteiger partial charge in [0.1, 0.15) is 0 Å². The molecule has 0 aromatic heterocycles. The Morgan fingerprint density at radius 2 is 1.95 bits per heavy atom. The lowest BCUT2D eigenvalue weighted by atomic mass is 10.0. The highest BCUT2D eigenvalue weighted by atomic mass is 79.9. The van der Waals surface area contributed by atoms with Crippen LogP contribution in [0.2, 0.25) is 0 Å². The van der Waals surface area contributed by atoms with Crippen molar-refractivity contribution >= 4 is 15.9 Å². The fraction of sp³-hybridized carbons (Fsp3) is 0.625. The third-order valence-electron chi connectivity index (χ3n) is 4.18. The molecule has 2 rings (SSSR count). The predicted molar refractivity (Wildman–Crippen MR) is 89.0 cm³/mol. The average molecular weight is 340 g/mol. The molecule has 1 heterocycles.